The molecule has 47 valence electrons. The van der Waals surface area contributed by atoms with E-state index in [-0.39, 0.29) is 11.7 Å². The van der Waals surface area contributed by atoms with Crippen LogP contribution in [0.5, 0.6) is 0 Å². The average molecular weight is 115 g/mol. The molecule has 0 bridgehead atoms. The Labute approximate surface area is 49.5 Å². The van der Waals surface area contributed by atoms with Crippen molar-refractivity contribution >= 4 is 5.78 Å². The summed E-state index contributed by atoms with van der Waals surface area (Å²) in [7, 11) is 0. The van der Waals surface area contributed by atoms with Crippen molar-refractivity contribution in [3.8, 4) is 0 Å². The normalized spacial score (nSPS) is 14.1. The molecular formula is C6H11O2. The van der Waals surface area contributed by atoms with Gasteiger partial charge in [0.05, 0.1) is 0 Å². The Hall–Kier alpha value is -0.370. The first kappa shape index (κ1) is 7.63. The third-order valence-electron chi connectivity index (χ3n) is 0.970. The fraction of sp³-hybridized carbons (Fsp3) is 0.833. The van der Waals surface area contributed by atoms with Crippen LogP contribution < -0.4 is 0 Å². The molecule has 2 heteroatoms. The smallest absolute Gasteiger partial charge is 0.167 e. The lowest BCUT2D eigenvalue weighted by molar-refractivity contribution is -0.132. The van der Waals surface area contributed by atoms with E-state index in [4.69, 9.17) is 0 Å². The zero-order valence-corrected chi connectivity index (χ0v) is 5.47. The molecule has 2 nitrogen and oxygen atoms in total. The van der Waals surface area contributed by atoms with Crippen LogP contribution in [0.3, 0.4) is 0 Å². The summed E-state index contributed by atoms with van der Waals surface area (Å²) in [5.41, 5.74) is 0. The van der Waals surface area contributed by atoms with Gasteiger partial charge in [-0.2, -0.15) is 0 Å². The second-order valence-electron chi connectivity index (χ2n) is 2.20. The van der Waals surface area contributed by atoms with E-state index in [9.17, 15) is 9.90 Å². The molecule has 0 amide bonds. The van der Waals surface area contributed by atoms with Crippen molar-refractivity contribution in [2.24, 2.45) is 5.92 Å². The summed E-state index contributed by atoms with van der Waals surface area (Å²) < 4.78 is 0. The van der Waals surface area contributed by atoms with Crippen LogP contribution in [0.25, 0.3) is 0 Å². The van der Waals surface area contributed by atoms with Crippen LogP contribution >= 0.6 is 0 Å². The molecule has 0 spiro atoms. The lowest BCUT2D eigenvalue weighted by Gasteiger charge is -2.02. The molecule has 0 saturated carbocycles. The summed E-state index contributed by atoms with van der Waals surface area (Å²) in [5.74, 6) is -0.312. The minimum atomic E-state index is -1.05. The topological polar surface area (TPSA) is 37.0 Å². The van der Waals surface area contributed by atoms with Gasteiger partial charge in [-0.3, -0.25) is 4.79 Å². The molecule has 1 radical (unpaired) electrons. The minimum absolute atomic E-state index is 0.109. The minimum Gasteiger partial charge on any atom is -0.296 e. The summed E-state index contributed by atoms with van der Waals surface area (Å²) in [6.45, 7) is 4.84. The van der Waals surface area contributed by atoms with Gasteiger partial charge in [-0.25, -0.2) is 5.11 Å². The molecule has 0 aliphatic heterocycles. The Bertz CT molecular complexity index is 74.5. The second-order valence-corrected chi connectivity index (χ2v) is 2.20. The first-order valence-electron chi connectivity index (χ1n) is 2.75. The zero-order chi connectivity index (χ0) is 6.73. The van der Waals surface area contributed by atoms with Crippen LogP contribution in [0, 0.1) is 5.92 Å². The Morgan fingerprint density at radius 2 is 1.62 bits per heavy atom. The molecule has 0 aromatic carbocycles. The maximum absolute atomic E-state index is 10.5. The van der Waals surface area contributed by atoms with E-state index in [1.54, 1.807) is 13.8 Å². The third-order valence-corrected chi connectivity index (χ3v) is 0.970. The Morgan fingerprint density at radius 3 is 1.62 bits per heavy atom. The molecule has 0 saturated heterocycles. The summed E-state index contributed by atoms with van der Waals surface area (Å²) >= 11 is 0. The first-order chi connectivity index (χ1) is 3.55. The molecule has 0 fully saturated rings. The van der Waals surface area contributed by atoms with E-state index in [0.29, 0.717) is 0 Å². The van der Waals surface area contributed by atoms with Gasteiger partial charge in [0.15, 0.2) is 5.78 Å². The van der Waals surface area contributed by atoms with E-state index in [1.165, 1.54) is 6.92 Å². The van der Waals surface area contributed by atoms with Gasteiger partial charge in [0.25, 0.3) is 0 Å². The summed E-state index contributed by atoms with van der Waals surface area (Å²) in [5, 5.41) is 10.3. The first-order valence-corrected chi connectivity index (χ1v) is 2.75. The third kappa shape index (κ3) is 2.07. The van der Waals surface area contributed by atoms with Crippen molar-refractivity contribution in [1.82, 2.24) is 0 Å². The molecule has 0 aromatic rings. The van der Waals surface area contributed by atoms with Crippen LogP contribution in [0.1, 0.15) is 20.8 Å². The summed E-state index contributed by atoms with van der Waals surface area (Å²) in [4.78, 5) is 10.5. The van der Waals surface area contributed by atoms with Crippen LogP contribution in [0.15, 0.2) is 0 Å². The lowest BCUT2D eigenvalue weighted by atomic mass is 10.1. The number of carbonyl (C=O) groups excluding carboxylic acids is 1. The predicted octanol–water partition coefficient (Wildman–Crippen LogP) is 1.03. The van der Waals surface area contributed by atoms with Gasteiger partial charge < -0.3 is 0 Å². The van der Waals surface area contributed by atoms with Crippen molar-refractivity contribution in [3.05, 3.63) is 0 Å². The maximum Gasteiger partial charge on any atom is 0.167 e. The van der Waals surface area contributed by atoms with Crippen molar-refractivity contribution in [2.75, 3.05) is 0 Å². The highest BCUT2D eigenvalue weighted by Crippen LogP contribution is 1.97. The molecule has 0 heterocycles. The molecule has 0 rings (SSSR count). The average Bonchev–Trinajstić information content (AvgIpc) is 1.64. The number of carbonyl (C=O) groups is 1. The number of hydrogen-bond donors (Lipinski definition) is 0. The SMILES string of the molecule is CC(C)C(=O)C(C)[O]. The molecule has 0 N–H and O–H groups in total. The second kappa shape index (κ2) is 2.82. The fourth-order valence-electron chi connectivity index (χ4n) is 0.469. The molecule has 8 heavy (non-hydrogen) atoms. The van der Waals surface area contributed by atoms with Crippen molar-refractivity contribution in [1.29, 1.82) is 0 Å². The molecule has 1 unspecified atom stereocenters. The van der Waals surface area contributed by atoms with Crippen LogP contribution in [0.4, 0.5) is 0 Å². The number of ketones is 1. The van der Waals surface area contributed by atoms with Crippen molar-refractivity contribution < 1.29 is 9.90 Å². The van der Waals surface area contributed by atoms with Crippen molar-refractivity contribution in [2.45, 2.75) is 26.9 Å². The van der Waals surface area contributed by atoms with Gasteiger partial charge in [-0.05, 0) is 6.92 Å². The predicted molar refractivity (Wildman–Crippen MR) is 30.0 cm³/mol. The van der Waals surface area contributed by atoms with Crippen LogP contribution in [-0.2, 0) is 9.90 Å². The Kier molecular flexibility index (Phi) is 2.69. The molecular weight excluding hydrogens is 104 g/mol. The van der Waals surface area contributed by atoms with E-state index < -0.39 is 6.10 Å². The van der Waals surface area contributed by atoms with Gasteiger partial charge in [0.1, 0.15) is 6.10 Å². The van der Waals surface area contributed by atoms with Crippen LogP contribution in [-0.4, -0.2) is 11.9 Å². The van der Waals surface area contributed by atoms with E-state index in [1.807, 2.05) is 0 Å². The Balaban J connectivity index is 3.65. The van der Waals surface area contributed by atoms with Gasteiger partial charge in [-0.15, -0.1) is 0 Å². The number of rotatable bonds is 2. The van der Waals surface area contributed by atoms with Gasteiger partial charge in [0, 0.05) is 5.92 Å². The summed E-state index contributed by atoms with van der Waals surface area (Å²) in [6.07, 6.45) is -1.05. The molecule has 0 aliphatic rings. The van der Waals surface area contributed by atoms with E-state index in [2.05, 4.69) is 0 Å². The van der Waals surface area contributed by atoms with E-state index >= 15 is 0 Å². The number of hydrogen-bond acceptors (Lipinski definition) is 1. The molecule has 1 atom stereocenters. The maximum atomic E-state index is 10.5. The van der Waals surface area contributed by atoms with Gasteiger partial charge in [0.2, 0.25) is 0 Å². The standard InChI is InChI=1S/C6H11O2/c1-4(2)6(8)5(3)7/h4-5H,1-3H3. The number of Topliss-reactive ketones (excluding diaryl/α,β-unsaturated/α-hetero) is 1. The largest absolute Gasteiger partial charge is 0.296 e. The highest BCUT2D eigenvalue weighted by atomic mass is 16.3. The van der Waals surface area contributed by atoms with E-state index in [0.717, 1.165) is 0 Å². The highest BCUT2D eigenvalue weighted by molar-refractivity contribution is 5.83. The fourth-order valence-corrected chi connectivity index (χ4v) is 0.469. The molecule has 0 aromatic heterocycles. The lowest BCUT2D eigenvalue weighted by Crippen LogP contribution is -2.19. The van der Waals surface area contributed by atoms with Gasteiger partial charge in [-0.1, -0.05) is 13.8 Å². The summed E-state index contributed by atoms with van der Waals surface area (Å²) in [6, 6.07) is 0. The molecule has 0 aliphatic carbocycles. The van der Waals surface area contributed by atoms with Crippen LogP contribution in [0.2, 0.25) is 0 Å². The monoisotopic (exact) mass is 115 g/mol. The highest BCUT2D eigenvalue weighted by Gasteiger charge is 2.13. The quantitative estimate of drug-likeness (QED) is 0.529. The zero-order valence-electron chi connectivity index (χ0n) is 5.47. The Morgan fingerprint density at radius 1 is 1.25 bits per heavy atom. The van der Waals surface area contributed by atoms with Gasteiger partial charge >= 0.3 is 0 Å². The van der Waals surface area contributed by atoms with Crippen molar-refractivity contribution in [3.63, 3.8) is 0 Å².